The Bertz CT molecular complexity index is 860. The zero-order chi connectivity index (χ0) is 16.5. The number of benzene rings is 2. The SMILES string of the molecule is Fc1ccc(CSc2nnc(C3CC3)n2-c2ccccc2)cc1F. The minimum absolute atomic E-state index is 0.468. The molecule has 1 aliphatic rings. The van der Waals surface area contributed by atoms with Gasteiger partial charge in [-0.15, -0.1) is 10.2 Å². The molecular weight excluding hydrogens is 328 g/mol. The summed E-state index contributed by atoms with van der Waals surface area (Å²) < 4.78 is 28.5. The van der Waals surface area contributed by atoms with Crippen molar-refractivity contribution in [1.29, 1.82) is 0 Å². The molecule has 1 saturated carbocycles. The highest BCUT2D eigenvalue weighted by Crippen LogP contribution is 2.41. The number of halogens is 2. The van der Waals surface area contributed by atoms with Gasteiger partial charge in [-0.2, -0.15) is 0 Å². The maximum Gasteiger partial charge on any atom is 0.196 e. The molecule has 6 heteroatoms. The number of nitrogens with zero attached hydrogens (tertiary/aromatic N) is 3. The van der Waals surface area contributed by atoms with E-state index >= 15 is 0 Å². The lowest BCUT2D eigenvalue weighted by Gasteiger charge is -2.09. The predicted octanol–water partition coefficient (Wildman–Crippen LogP) is 4.72. The van der Waals surface area contributed by atoms with Gasteiger partial charge in [0.15, 0.2) is 16.8 Å². The first-order valence-corrected chi connectivity index (χ1v) is 8.78. The van der Waals surface area contributed by atoms with Gasteiger partial charge in [0.05, 0.1) is 0 Å². The molecule has 0 radical (unpaired) electrons. The molecule has 0 atom stereocenters. The van der Waals surface area contributed by atoms with Gasteiger partial charge in [-0.3, -0.25) is 4.57 Å². The van der Waals surface area contributed by atoms with E-state index in [0.717, 1.165) is 41.1 Å². The van der Waals surface area contributed by atoms with Gasteiger partial charge in [0.25, 0.3) is 0 Å². The first kappa shape index (κ1) is 15.3. The van der Waals surface area contributed by atoms with Crippen molar-refractivity contribution in [3.63, 3.8) is 0 Å². The predicted molar refractivity (Wildman–Crippen MR) is 89.3 cm³/mol. The average molecular weight is 343 g/mol. The molecule has 0 bridgehead atoms. The van der Waals surface area contributed by atoms with Gasteiger partial charge in [0.1, 0.15) is 5.82 Å². The molecular formula is C18H15F2N3S. The van der Waals surface area contributed by atoms with Crippen molar-refractivity contribution in [2.24, 2.45) is 0 Å². The van der Waals surface area contributed by atoms with Crippen LogP contribution in [-0.4, -0.2) is 14.8 Å². The summed E-state index contributed by atoms with van der Waals surface area (Å²) in [6.07, 6.45) is 2.28. The molecule has 24 heavy (non-hydrogen) atoms. The van der Waals surface area contributed by atoms with Crippen LogP contribution in [0.2, 0.25) is 0 Å². The molecule has 3 nitrogen and oxygen atoms in total. The van der Waals surface area contributed by atoms with Crippen LogP contribution in [0, 0.1) is 11.6 Å². The van der Waals surface area contributed by atoms with E-state index in [2.05, 4.69) is 14.8 Å². The first-order valence-electron chi connectivity index (χ1n) is 7.80. The molecule has 0 unspecified atom stereocenters. The molecule has 2 aromatic carbocycles. The highest BCUT2D eigenvalue weighted by molar-refractivity contribution is 7.98. The lowest BCUT2D eigenvalue weighted by atomic mass is 10.2. The topological polar surface area (TPSA) is 30.7 Å². The molecule has 1 aliphatic carbocycles. The third kappa shape index (κ3) is 3.06. The molecule has 0 saturated heterocycles. The van der Waals surface area contributed by atoms with E-state index in [0.29, 0.717) is 11.7 Å². The van der Waals surface area contributed by atoms with E-state index in [1.807, 2.05) is 30.3 Å². The van der Waals surface area contributed by atoms with Crippen LogP contribution in [0.5, 0.6) is 0 Å². The zero-order valence-corrected chi connectivity index (χ0v) is 13.6. The van der Waals surface area contributed by atoms with Gasteiger partial charge in [0.2, 0.25) is 0 Å². The maximum atomic E-state index is 13.4. The number of thioether (sulfide) groups is 1. The van der Waals surface area contributed by atoms with Crippen LogP contribution in [-0.2, 0) is 5.75 Å². The Balaban J connectivity index is 1.62. The largest absolute Gasteiger partial charge is 0.274 e. The summed E-state index contributed by atoms with van der Waals surface area (Å²) in [7, 11) is 0. The first-order chi connectivity index (χ1) is 11.7. The Labute approximate surface area is 142 Å². The van der Waals surface area contributed by atoms with Crippen LogP contribution < -0.4 is 0 Å². The van der Waals surface area contributed by atoms with Crippen molar-refractivity contribution >= 4 is 11.8 Å². The summed E-state index contributed by atoms with van der Waals surface area (Å²) in [6, 6.07) is 14.0. The van der Waals surface area contributed by atoms with Gasteiger partial charge < -0.3 is 0 Å². The normalized spacial score (nSPS) is 14.1. The van der Waals surface area contributed by atoms with Crippen LogP contribution in [0.1, 0.15) is 30.1 Å². The molecule has 3 aromatic rings. The Morgan fingerprint density at radius 3 is 2.50 bits per heavy atom. The third-order valence-electron chi connectivity index (χ3n) is 3.97. The van der Waals surface area contributed by atoms with Crippen LogP contribution in [0.15, 0.2) is 53.7 Å². The smallest absolute Gasteiger partial charge is 0.196 e. The van der Waals surface area contributed by atoms with E-state index in [4.69, 9.17) is 0 Å². The fourth-order valence-electron chi connectivity index (χ4n) is 2.58. The Kier molecular flexibility index (Phi) is 4.06. The van der Waals surface area contributed by atoms with Crippen LogP contribution in [0.4, 0.5) is 8.78 Å². The minimum Gasteiger partial charge on any atom is -0.274 e. The number of hydrogen-bond acceptors (Lipinski definition) is 3. The Hall–Kier alpha value is -2.21. The van der Waals surface area contributed by atoms with E-state index in [-0.39, 0.29) is 0 Å². The molecule has 1 aromatic heterocycles. The van der Waals surface area contributed by atoms with Crippen molar-refractivity contribution in [3.8, 4) is 5.69 Å². The monoisotopic (exact) mass is 343 g/mol. The average Bonchev–Trinajstić information content (AvgIpc) is 3.36. The molecule has 122 valence electrons. The second kappa shape index (κ2) is 6.36. The zero-order valence-electron chi connectivity index (χ0n) is 12.8. The van der Waals surface area contributed by atoms with E-state index in [9.17, 15) is 8.78 Å². The molecule has 0 N–H and O–H groups in total. The molecule has 0 amide bonds. The van der Waals surface area contributed by atoms with Gasteiger partial charge in [-0.05, 0) is 42.7 Å². The molecule has 1 heterocycles. The number of hydrogen-bond donors (Lipinski definition) is 0. The van der Waals surface area contributed by atoms with Crippen molar-refractivity contribution in [3.05, 3.63) is 71.6 Å². The second-order valence-corrected chi connectivity index (χ2v) is 6.77. The second-order valence-electron chi connectivity index (χ2n) is 5.82. The molecule has 4 rings (SSSR count). The summed E-state index contributed by atoms with van der Waals surface area (Å²) in [6.45, 7) is 0. The molecule has 1 fully saturated rings. The highest BCUT2D eigenvalue weighted by atomic mass is 32.2. The standard InChI is InChI=1S/C18H15F2N3S/c19-15-9-6-12(10-16(15)20)11-24-18-22-21-17(13-7-8-13)23(18)14-4-2-1-3-5-14/h1-6,9-10,13H,7-8,11H2. The van der Waals surface area contributed by atoms with Crippen molar-refractivity contribution in [2.45, 2.75) is 29.7 Å². The molecule has 0 aliphatic heterocycles. The number of rotatable bonds is 5. The van der Waals surface area contributed by atoms with E-state index < -0.39 is 11.6 Å². The quantitative estimate of drug-likeness (QED) is 0.628. The van der Waals surface area contributed by atoms with Gasteiger partial charge in [-0.1, -0.05) is 36.0 Å². The third-order valence-corrected chi connectivity index (χ3v) is 4.97. The summed E-state index contributed by atoms with van der Waals surface area (Å²) in [5.41, 5.74) is 1.74. The Morgan fingerprint density at radius 1 is 1.00 bits per heavy atom. The number of para-hydroxylation sites is 1. The van der Waals surface area contributed by atoms with Crippen LogP contribution >= 0.6 is 11.8 Å². The van der Waals surface area contributed by atoms with Crippen LogP contribution in [0.3, 0.4) is 0 Å². The van der Waals surface area contributed by atoms with Gasteiger partial charge >= 0.3 is 0 Å². The lowest BCUT2D eigenvalue weighted by molar-refractivity contribution is 0.507. The fourth-order valence-corrected chi connectivity index (χ4v) is 3.48. The van der Waals surface area contributed by atoms with Crippen molar-refractivity contribution < 1.29 is 8.78 Å². The van der Waals surface area contributed by atoms with Gasteiger partial charge in [-0.25, -0.2) is 8.78 Å². The minimum atomic E-state index is -0.827. The lowest BCUT2D eigenvalue weighted by Crippen LogP contribution is -2.01. The molecule has 0 spiro atoms. The number of aromatic nitrogens is 3. The van der Waals surface area contributed by atoms with E-state index in [1.54, 1.807) is 6.07 Å². The van der Waals surface area contributed by atoms with E-state index in [1.165, 1.54) is 17.8 Å². The summed E-state index contributed by atoms with van der Waals surface area (Å²) in [4.78, 5) is 0. The summed E-state index contributed by atoms with van der Waals surface area (Å²) in [5, 5.41) is 9.44. The highest BCUT2D eigenvalue weighted by Gasteiger charge is 2.31. The maximum absolute atomic E-state index is 13.4. The Morgan fingerprint density at radius 2 is 1.79 bits per heavy atom. The summed E-state index contributed by atoms with van der Waals surface area (Å²) >= 11 is 1.48. The van der Waals surface area contributed by atoms with Gasteiger partial charge in [0, 0.05) is 17.4 Å². The van der Waals surface area contributed by atoms with Crippen LogP contribution in [0.25, 0.3) is 5.69 Å². The van der Waals surface area contributed by atoms with Crippen molar-refractivity contribution in [1.82, 2.24) is 14.8 Å². The van der Waals surface area contributed by atoms with Crippen molar-refractivity contribution in [2.75, 3.05) is 0 Å². The summed E-state index contributed by atoms with van der Waals surface area (Å²) in [5.74, 6) is 0.306. The fraction of sp³-hybridized carbons (Fsp3) is 0.222.